The van der Waals surface area contributed by atoms with Crippen LogP contribution in [0, 0.1) is 0 Å². The molecule has 2 N–H and O–H groups in total. The third-order valence-corrected chi connectivity index (χ3v) is 4.26. The highest BCUT2D eigenvalue weighted by Crippen LogP contribution is 2.36. The number of nitrogens with zero attached hydrogens (tertiary/aromatic N) is 3. The summed E-state index contributed by atoms with van der Waals surface area (Å²) in [7, 11) is 0. The van der Waals surface area contributed by atoms with Gasteiger partial charge in [0, 0.05) is 29.9 Å². The zero-order chi connectivity index (χ0) is 18.1. The average Bonchev–Trinajstić information content (AvgIpc) is 3.04. The Morgan fingerprint density at radius 2 is 2.00 bits per heavy atom. The lowest BCUT2D eigenvalue weighted by molar-refractivity contribution is -0.0167. The molecule has 26 heavy (non-hydrogen) atoms. The summed E-state index contributed by atoms with van der Waals surface area (Å²) in [6, 6.07) is 10.7. The van der Waals surface area contributed by atoms with Crippen molar-refractivity contribution in [1.82, 2.24) is 20.2 Å². The monoisotopic (exact) mass is 353 g/mol. The van der Waals surface area contributed by atoms with E-state index in [4.69, 9.17) is 0 Å². The second-order valence-electron chi connectivity index (χ2n) is 6.15. The quantitative estimate of drug-likeness (QED) is 0.521. The minimum atomic E-state index is -2.94. The minimum absolute atomic E-state index is 0.171. The third-order valence-electron chi connectivity index (χ3n) is 4.26. The molecule has 0 atom stereocenters. The summed E-state index contributed by atoms with van der Waals surface area (Å²) >= 11 is 0. The summed E-state index contributed by atoms with van der Waals surface area (Å²) in [6.07, 6.45) is 3.29. The van der Waals surface area contributed by atoms with Crippen LogP contribution in [0.1, 0.15) is 25.5 Å². The Kier molecular flexibility index (Phi) is 3.99. The number of anilines is 2. The summed E-state index contributed by atoms with van der Waals surface area (Å²) < 4.78 is 28.7. The molecular formula is C19H17F2N5. The van der Waals surface area contributed by atoms with Crippen LogP contribution < -0.4 is 5.32 Å². The second-order valence-corrected chi connectivity index (χ2v) is 6.15. The smallest absolute Gasteiger partial charge is 0.290 e. The molecule has 4 rings (SSSR count). The molecule has 0 bridgehead atoms. The average molecular weight is 353 g/mol. The number of rotatable bonds is 5. The van der Waals surface area contributed by atoms with Crippen molar-refractivity contribution in [3.63, 3.8) is 0 Å². The Balaban J connectivity index is 1.72. The molecule has 0 saturated carbocycles. The predicted octanol–water partition coefficient (Wildman–Crippen LogP) is 5.14. The van der Waals surface area contributed by atoms with Gasteiger partial charge >= 0.3 is 0 Å². The lowest BCUT2D eigenvalue weighted by Crippen LogP contribution is -2.15. The van der Waals surface area contributed by atoms with Crippen molar-refractivity contribution >= 4 is 33.3 Å². The molecule has 7 heteroatoms. The van der Waals surface area contributed by atoms with Crippen LogP contribution in [0.4, 0.5) is 20.3 Å². The number of hydrogen-bond acceptors (Lipinski definition) is 4. The van der Waals surface area contributed by atoms with Gasteiger partial charge in [-0.05, 0) is 35.7 Å². The first kappa shape index (κ1) is 16.4. The number of aromatic amines is 1. The van der Waals surface area contributed by atoms with E-state index in [2.05, 4.69) is 25.5 Å². The minimum Gasteiger partial charge on any atom is -0.337 e. The number of nitrogens with one attached hydrogen (secondary N) is 2. The van der Waals surface area contributed by atoms with Crippen LogP contribution in [0.5, 0.6) is 0 Å². The van der Waals surface area contributed by atoms with Crippen LogP contribution in [0.15, 0.2) is 48.8 Å². The highest BCUT2D eigenvalue weighted by molar-refractivity contribution is 5.91. The number of pyridine rings is 2. The van der Waals surface area contributed by atoms with Crippen LogP contribution in [0.3, 0.4) is 0 Å². The Morgan fingerprint density at radius 1 is 1.12 bits per heavy atom. The molecule has 0 amide bonds. The van der Waals surface area contributed by atoms with E-state index in [0.29, 0.717) is 23.0 Å². The fourth-order valence-electron chi connectivity index (χ4n) is 3.06. The molecule has 4 aromatic rings. The fraction of sp³-hybridized carbons (Fsp3) is 0.211. The molecule has 0 spiro atoms. The first-order valence-electron chi connectivity index (χ1n) is 8.41. The van der Waals surface area contributed by atoms with Gasteiger partial charge in [-0.1, -0.05) is 19.4 Å². The molecule has 1 aromatic carbocycles. The van der Waals surface area contributed by atoms with Crippen molar-refractivity contribution in [1.29, 1.82) is 0 Å². The molecule has 3 aromatic heterocycles. The number of alkyl halides is 2. The van der Waals surface area contributed by atoms with Crippen LogP contribution in [-0.4, -0.2) is 20.2 Å². The van der Waals surface area contributed by atoms with Gasteiger partial charge < -0.3 is 5.32 Å². The zero-order valence-corrected chi connectivity index (χ0v) is 14.1. The largest absolute Gasteiger partial charge is 0.337 e. The Hall–Kier alpha value is -3.09. The van der Waals surface area contributed by atoms with E-state index in [-0.39, 0.29) is 12.1 Å². The van der Waals surface area contributed by atoms with Crippen molar-refractivity contribution in [3.05, 3.63) is 54.5 Å². The topological polar surface area (TPSA) is 66.5 Å². The molecule has 0 saturated heterocycles. The Labute approximate surface area is 148 Å². The lowest BCUT2D eigenvalue weighted by Gasteiger charge is -2.17. The summed E-state index contributed by atoms with van der Waals surface area (Å²) in [5.41, 5.74) is 2.11. The number of hydrogen-bond donors (Lipinski definition) is 2. The number of aromatic nitrogens is 4. The van der Waals surface area contributed by atoms with E-state index in [0.717, 1.165) is 16.7 Å². The van der Waals surface area contributed by atoms with Crippen LogP contribution in [0.25, 0.3) is 21.8 Å². The van der Waals surface area contributed by atoms with Crippen LogP contribution in [0.2, 0.25) is 0 Å². The molecule has 0 unspecified atom stereocenters. The number of halogens is 2. The maximum absolute atomic E-state index is 14.4. The third kappa shape index (κ3) is 2.85. The summed E-state index contributed by atoms with van der Waals surface area (Å²) in [5.74, 6) is -2.35. The van der Waals surface area contributed by atoms with Crippen LogP contribution >= 0.6 is 0 Å². The SMILES string of the molecule is CCCC(F)(F)c1nccc2cc(Nc3n[nH]c4cccnc34)ccc12. The molecule has 3 heterocycles. The summed E-state index contributed by atoms with van der Waals surface area (Å²) in [6.45, 7) is 1.74. The molecule has 0 radical (unpaired) electrons. The predicted molar refractivity (Wildman–Crippen MR) is 97.7 cm³/mol. The Bertz CT molecular complexity index is 1070. The maximum Gasteiger partial charge on any atom is 0.290 e. The van der Waals surface area contributed by atoms with Crippen molar-refractivity contribution in [2.24, 2.45) is 0 Å². The zero-order valence-electron chi connectivity index (χ0n) is 14.1. The van der Waals surface area contributed by atoms with Gasteiger partial charge in [-0.25, -0.2) is 0 Å². The van der Waals surface area contributed by atoms with E-state index < -0.39 is 5.92 Å². The van der Waals surface area contributed by atoms with E-state index in [1.807, 2.05) is 18.2 Å². The summed E-state index contributed by atoms with van der Waals surface area (Å²) in [5, 5.41) is 11.5. The van der Waals surface area contributed by atoms with Crippen molar-refractivity contribution in [2.45, 2.75) is 25.7 Å². The van der Waals surface area contributed by atoms with E-state index in [9.17, 15) is 8.78 Å². The normalized spacial score (nSPS) is 12.0. The molecule has 0 aliphatic heterocycles. The van der Waals surface area contributed by atoms with Gasteiger partial charge in [0.1, 0.15) is 11.2 Å². The number of H-pyrrole nitrogens is 1. The van der Waals surface area contributed by atoms with E-state index >= 15 is 0 Å². The Morgan fingerprint density at radius 3 is 2.85 bits per heavy atom. The second kappa shape index (κ2) is 6.33. The van der Waals surface area contributed by atoms with Gasteiger partial charge in [0.05, 0.1) is 5.52 Å². The highest BCUT2D eigenvalue weighted by atomic mass is 19.3. The molecule has 0 fully saturated rings. The molecule has 0 aliphatic carbocycles. The number of fused-ring (bicyclic) bond motifs is 2. The van der Waals surface area contributed by atoms with Gasteiger partial charge in [-0.15, -0.1) is 0 Å². The molecule has 0 aliphatic rings. The van der Waals surface area contributed by atoms with Crippen molar-refractivity contribution < 1.29 is 8.78 Å². The molecule has 5 nitrogen and oxygen atoms in total. The lowest BCUT2D eigenvalue weighted by atomic mass is 10.0. The summed E-state index contributed by atoms with van der Waals surface area (Å²) in [4.78, 5) is 8.25. The molecular weight excluding hydrogens is 336 g/mol. The highest BCUT2D eigenvalue weighted by Gasteiger charge is 2.33. The van der Waals surface area contributed by atoms with Gasteiger partial charge in [0.2, 0.25) is 0 Å². The first-order chi connectivity index (χ1) is 12.6. The first-order valence-corrected chi connectivity index (χ1v) is 8.41. The van der Waals surface area contributed by atoms with E-state index in [1.165, 1.54) is 6.20 Å². The standard InChI is InChI=1S/C19H17F2N5/c1-2-8-19(20,21)17-14-6-5-13(11-12(14)7-10-23-17)24-18-16-15(25-26-18)4-3-9-22-16/h3-7,9-11H,2,8H2,1H3,(H2,24,25,26). The number of benzene rings is 1. The van der Waals surface area contributed by atoms with Gasteiger partial charge in [0.15, 0.2) is 5.82 Å². The van der Waals surface area contributed by atoms with Gasteiger partial charge in [-0.3, -0.25) is 15.1 Å². The van der Waals surface area contributed by atoms with Crippen molar-refractivity contribution in [3.8, 4) is 0 Å². The fourth-order valence-corrected chi connectivity index (χ4v) is 3.06. The maximum atomic E-state index is 14.4. The van der Waals surface area contributed by atoms with Gasteiger partial charge in [0.25, 0.3) is 5.92 Å². The van der Waals surface area contributed by atoms with Gasteiger partial charge in [-0.2, -0.15) is 13.9 Å². The van der Waals surface area contributed by atoms with E-state index in [1.54, 1.807) is 31.3 Å². The van der Waals surface area contributed by atoms with Crippen molar-refractivity contribution in [2.75, 3.05) is 5.32 Å². The molecule has 132 valence electrons. The van der Waals surface area contributed by atoms with Crippen LogP contribution in [-0.2, 0) is 5.92 Å².